The predicted octanol–water partition coefficient (Wildman–Crippen LogP) is 5.64. The molecule has 0 aliphatic carbocycles. The summed E-state index contributed by atoms with van der Waals surface area (Å²) in [6.07, 6.45) is -17.2. The smallest absolute Gasteiger partial charge is 0.175 e. The van der Waals surface area contributed by atoms with E-state index in [-0.39, 0.29) is 0 Å². The number of halogens is 9. The van der Waals surface area contributed by atoms with Crippen LogP contribution in [0.3, 0.4) is 0 Å². The minimum Gasteiger partial charge on any atom is -0.175 e. The highest BCUT2D eigenvalue weighted by Gasteiger charge is 2.87. The van der Waals surface area contributed by atoms with Crippen LogP contribution in [0.4, 0.5) is 39.5 Å². The third kappa shape index (κ3) is 2.39. The molecule has 0 aromatic heterocycles. The maximum atomic E-state index is 13.9. The normalized spacial score (nSPS) is 27.9. The molecule has 30 heavy (non-hydrogen) atoms. The summed E-state index contributed by atoms with van der Waals surface area (Å²) in [6, 6.07) is 7.88. The highest BCUT2D eigenvalue weighted by Crippen LogP contribution is 2.79. The van der Waals surface area contributed by atoms with Crippen LogP contribution < -0.4 is 10.6 Å². The zero-order valence-corrected chi connectivity index (χ0v) is 15.7. The van der Waals surface area contributed by atoms with Gasteiger partial charge in [0, 0.05) is 5.56 Å². The fourth-order valence-corrected chi connectivity index (χ4v) is 7.65. The average molecular weight is 461 g/mol. The Bertz CT molecular complexity index is 1000. The van der Waals surface area contributed by atoms with E-state index in [2.05, 4.69) is 0 Å². The van der Waals surface area contributed by atoms with Crippen molar-refractivity contribution in [3.63, 3.8) is 0 Å². The number of fused-ring (bicyclic) bond motifs is 4. The van der Waals surface area contributed by atoms with Crippen molar-refractivity contribution >= 4 is 18.3 Å². The molecule has 0 N–H and O–H groups in total. The van der Waals surface area contributed by atoms with E-state index in [4.69, 9.17) is 9.05 Å². The topological polar surface area (TPSA) is 18.5 Å². The summed E-state index contributed by atoms with van der Waals surface area (Å²) in [5, 5.41) is -1.15. The lowest BCUT2D eigenvalue weighted by Crippen LogP contribution is -2.54. The molecule has 2 aliphatic rings. The van der Waals surface area contributed by atoms with Gasteiger partial charge >= 0.3 is 31.8 Å². The standard InChI is InChI=1S/C18H11F9O2P/c1-14(16(19,20)21)10-6-2-4-8-12(10)30(28-14)13-9-5-3-7-11(13)15(29-30,17(22,23)24)18(25,26)27/h2-9H,1H3/q+1/t14-,30?/m1/s1. The van der Waals surface area contributed by atoms with Crippen molar-refractivity contribution in [2.24, 2.45) is 0 Å². The summed E-state index contributed by atoms with van der Waals surface area (Å²) in [5.41, 5.74) is -9.88. The molecule has 2 aliphatic heterocycles. The number of hydrogen-bond acceptors (Lipinski definition) is 2. The molecule has 162 valence electrons. The van der Waals surface area contributed by atoms with E-state index < -0.39 is 59.2 Å². The van der Waals surface area contributed by atoms with Crippen LogP contribution in [0.2, 0.25) is 0 Å². The van der Waals surface area contributed by atoms with Crippen LogP contribution in [0.1, 0.15) is 18.1 Å². The van der Waals surface area contributed by atoms with Crippen molar-refractivity contribution in [2.45, 2.75) is 36.7 Å². The molecule has 0 saturated carbocycles. The Morgan fingerprint density at radius 3 is 1.53 bits per heavy atom. The average Bonchev–Trinajstić information content (AvgIpc) is 3.07. The SMILES string of the molecule is C[C@@]1(C(F)(F)F)O[P+]2(OC(C(F)(F)F)(C(F)(F)F)c3ccccc32)c2ccccc21. The molecule has 2 nitrogen and oxygen atoms in total. The fraction of sp³-hybridized carbons (Fsp3) is 0.333. The Morgan fingerprint density at radius 1 is 0.633 bits per heavy atom. The van der Waals surface area contributed by atoms with E-state index in [0.29, 0.717) is 13.0 Å². The minimum atomic E-state index is -6.01. The van der Waals surface area contributed by atoms with Gasteiger partial charge in [0.05, 0.1) is 5.56 Å². The molecule has 1 spiro atoms. The van der Waals surface area contributed by atoms with Crippen LogP contribution in [-0.4, -0.2) is 18.5 Å². The maximum absolute atomic E-state index is 13.9. The molecule has 2 aromatic carbocycles. The Morgan fingerprint density at radius 2 is 1.07 bits per heavy atom. The number of benzene rings is 2. The van der Waals surface area contributed by atoms with Crippen LogP contribution in [0.25, 0.3) is 0 Å². The monoisotopic (exact) mass is 461 g/mol. The van der Waals surface area contributed by atoms with Crippen LogP contribution in [0, 0.1) is 0 Å². The molecule has 2 aromatic rings. The molecule has 12 heteroatoms. The second-order valence-corrected chi connectivity index (χ2v) is 9.41. The Hall–Kier alpha value is -1.84. The molecule has 1 unspecified atom stereocenters. The van der Waals surface area contributed by atoms with E-state index in [1.807, 2.05) is 0 Å². The van der Waals surface area contributed by atoms with Gasteiger partial charge in [0.2, 0.25) is 5.60 Å². The van der Waals surface area contributed by atoms with Gasteiger partial charge in [-0.25, -0.2) is 0 Å². The highest BCUT2D eigenvalue weighted by molar-refractivity contribution is 7.82. The van der Waals surface area contributed by atoms with Crippen LogP contribution in [0.5, 0.6) is 0 Å². The van der Waals surface area contributed by atoms with E-state index in [9.17, 15) is 39.5 Å². The zero-order valence-electron chi connectivity index (χ0n) is 14.8. The van der Waals surface area contributed by atoms with Crippen molar-refractivity contribution in [3.05, 3.63) is 59.7 Å². The second-order valence-electron chi connectivity index (χ2n) is 6.98. The van der Waals surface area contributed by atoms with Crippen LogP contribution in [-0.2, 0) is 20.2 Å². The van der Waals surface area contributed by atoms with Gasteiger partial charge in [-0.2, -0.15) is 48.6 Å². The number of alkyl halides is 9. The fourth-order valence-electron chi connectivity index (χ4n) is 3.83. The molecule has 2 atom stereocenters. The third-order valence-electron chi connectivity index (χ3n) is 5.25. The molecule has 0 bridgehead atoms. The van der Waals surface area contributed by atoms with Gasteiger partial charge in [-0.1, -0.05) is 36.4 Å². The molecule has 0 fully saturated rings. The number of hydrogen-bond donors (Lipinski definition) is 0. The van der Waals surface area contributed by atoms with Gasteiger partial charge in [0.15, 0.2) is 10.6 Å². The first-order valence-corrected chi connectivity index (χ1v) is 9.95. The summed E-state index contributed by atoms with van der Waals surface area (Å²) < 4.78 is 135. The summed E-state index contributed by atoms with van der Waals surface area (Å²) in [6.45, 7) is 0.563. The summed E-state index contributed by atoms with van der Waals surface area (Å²) in [5.74, 6) is 0. The Kier molecular flexibility index (Phi) is 4.20. The highest BCUT2D eigenvalue weighted by atomic mass is 31.2. The van der Waals surface area contributed by atoms with E-state index in [1.54, 1.807) is 0 Å². The first-order chi connectivity index (χ1) is 13.6. The van der Waals surface area contributed by atoms with Crippen molar-refractivity contribution < 1.29 is 48.6 Å². The van der Waals surface area contributed by atoms with E-state index in [0.717, 1.165) is 30.3 Å². The lowest BCUT2D eigenvalue weighted by atomic mass is 9.92. The number of rotatable bonds is 0. The minimum absolute atomic E-state index is 0.465. The predicted molar refractivity (Wildman–Crippen MR) is 88.4 cm³/mol. The summed E-state index contributed by atoms with van der Waals surface area (Å²) in [4.78, 5) is 0. The second kappa shape index (κ2) is 5.89. The van der Waals surface area contributed by atoms with Gasteiger partial charge in [0.25, 0.3) is 0 Å². The van der Waals surface area contributed by atoms with Gasteiger partial charge in [-0.3, -0.25) is 0 Å². The zero-order chi connectivity index (χ0) is 22.4. The first-order valence-electron chi connectivity index (χ1n) is 8.33. The van der Waals surface area contributed by atoms with Crippen molar-refractivity contribution in [1.82, 2.24) is 0 Å². The molecule has 0 saturated heterocycles. The van der Waals surface area contributed by atoms with Crippen molar-refractivity contribution in [2.75, 3.05) is 0 Å². The van der Waals surface area contributed by atoms with Crippen LogP contribution in [0.15, 0.2) is 48.5 Å². The Labute approximate surface area is 164 Å². The molecular formula is C18H11F9O2P+. The Balaban J connectivity index is 2.10. The molecule has 0 amide bonds. The first kappa shape index (κ1) is 21.4. The molecule has 4 rings (SSSR count). The van der Waals surface area contributed by atoms with Crippen molar-refractivity contribution in [3.8, 4) is 0 Å². The van der Waals surface area contributed by atoms with Gasteiger partial charge in [-0.05, 0) is 19.1 Å². The molecular weight excluding hydrogens is 450 g/mol. The summed E-state index contributed by atoms with van der Waals surface area (Å²) >= 11 is 0. The molecule has 2 heterocycles. The molecule has 0 radical (unpaired) electrons. The van der Waals surface area contributed by atoms with E-state index in [1.165, 1.54) is 12.1 Å². The largest absolute Gasteiger partial charge is 0.435 e. The van der Waals surface area contributed by atoms with Crippen molar-refractivity contribution in [1.29, 1.82) is 0 Å². The third-order valence-corrected chi connectivity index (χ3v) is 8.45. The van der Waals surface area contributed by atoms with Gasteiger partial charge in [0.1, 0.15) is 0 Å². The lowest BCUT2D eigenvalue weighted by molar-refractivity contribution is -0.364. The summed E-state index contributed by atoms with van der Waals surface area (Å²) in [7, 11) is -4.67. The van der Waals surface area contributed by atoms with Crippen LogP contribution >= 0.6 is 7.72 Å². The van der Waals surface area contributed by atoms with E-state index >= 15 is 0 Å². The van der Waals surface area contributed by atoms with Gasteiger partial charge in [-0.15, -0.1) is 0 Å². The lowest BCUT2D eigenvalue weighted by Gasteiger charge is -2.32. The van der Waals surface area contributed by atoms with Gasteiger partial charge < -0.3 is 0 Å². The maximum Gasteiger partial charge on any atom is 0.435 e. The quantitative estimate of drug-likeness (QED) is 0.374.